The summed E-state index contributed by atoms with van der Waals surface area (Å²) in [4.78, 5) is 23.1. The quantitative estimate of drug-likeness (QED) is 0.743. The van der Waals surface area contributed by atoms with Gasteiger partial charge in [-0.05, 0) is 37.1 Å². The Morgan fingerprint density at radius 2 is 1.88 bits per heavy atom. The number of nitrogens with one attached hydrogen (secondary N) is 1. The third kappa shape index (κ3) is 1.89. The lowest BCUT2D eigenvalue weighted by molar-refractivity contribution is -0.116. The van der Waals surface area contributed by atoms with E-state index in [4.69, 9.17) is 0 Å². The van der Waals surface area contributed by atoms with Crippen molar-refractivity contribution in [2.45, 2.75) is 25.1 Å². The van der Waals surface area contributed by atoms with Gasteiger partial charge in [0.25, 0.3) is 0 Å². The summed E-state index contributed by atoms with van der Waals surface area (Å²) in [6.45, 7) is 3.92. The van der Waals surface area contributed by atoms with Gasteiger partial charge in [0, 0.05) is 12.0 Å². The van der Waals surface area contributed by atoms with Crippen LogP contribution in [-0.2, 0) is 4.79 Å². The summed E-state index contributed by atoms with van der Waals surface area (Å²) in [6.07, 6.45) is 0.186. The van der Waals surface area contributed by atoms with E-state index >= 15 is 0 Å². The summed E-state index contributed by atoms with van der Waals surface area (Å²) in [7, 11) is 0. The van der Waals surface area contributed by atoms with Crippen molar-refractivity contribution in [3.63, 3.8) is 0 Å². The maximum Gasteiger partial charge on any atom is 0.225 e. The first-order chi connectivity index (χ1) is 7.49. The van der Waals surface area contributed by atoms with E-state index in [1.807, 2.05) is 26.0 Å². The van der Waals surface area contributed by atoms with Gasteiger partial charge in [-0.25, -0.2) is 0 Å². The van der Waals surface area contributed by atoms with Gasteiger partial charge in [-0.3, -0.25) is 9.59 Å². The van der Waals surface area contributed by atoms with Crippen molar-refractivity contribution in [1.29, 1.82) is 0 Å². The van der Waals surface area contributed by atoms with Gasteiger partial charge in [-0.15, -0.1) is 0 Å². The second-order valence-corrected chi connectivity index (χ2v) is 5.17. The van der Waals surface area contributed by atoms with E-state index in [1.165, 1.54) is 0 Å². The van der Waals surface area contributed by atoms with Gasteiger partial charge < -0.3 is 5.32 Å². The van der Waals surface area contributed by atoms with E-state index in [0.717, 1.165) is 11.1 Å². The molecule has 0 radical (unpaired) electrons. The largest absolute Gasteiger partial charge is 0.325 e. The van der Waals surface area contributed by atoms with Gasteiger partial charge in [0.1, 0.15) is 0 Å². The third-order valence-corrected chi connectivity index (χ3v) is 3.56. The number of amides is 1. The van der Waals surface area contributed by atoms with Crippen LogP contribution in [0.3, 0.4) is 0 Å². The number of ketones is 1. The van der Waals surface area contributed by atoms with Crippen molar-refractivity contribution in [1.82, 2.24) is 0 Å². The molecule has 0 aliphatic carbocycles. The molecule has 1 amide bonds. The second kappa shape index (κ2) is 4.01. The smallest absolute Gasteiger partial charge is 0.225 e. The van der Waals surface area contributed by atoms with Crippen molar-refractivity contribution >= 4 is 33.3 Å². The molecule has 0 fully saturated rings. The molecule has 1 aliphatic rings. The Hall–Kier alpha value is -1.16. The molecule has 2 rings (SSSR count). The molecule has 16 heavy (non-hydrogen) atoms. The highest BCUT2D eigenvalue weighted by molar-refractivity contribution is 9.10. The number of aryl methyl sites for hydroxylation is 2. The number of hydrogen-bond acceptors (Lipinski definition) is 2. The number of halogens is 1. The summed E-state index contributed by atoms with van der Waals surface area (Å²) < 4.78 is 0. The van der Waals surface area contributed by atoms with Gasteiger partial charge in [-0.2, -0.15) is 0 Å². The molecule has 1 aromatic carbocycles. The van der Waals surface area contributed by atoms with Crippen LogP contribution in [0, 0.1) is 13.8 Å². The molecule has 1 N–H and O–H groups in total. The van der Waals surface area contributed by atoms with Crippen LogP contribution in [0.4, 0.5) is 5.69 Å². The van der Waals surface area contributed by atoms with Crippen molar-refractivity contribution in [3.8, 4) is 0 Å². The van der Waals surface area contributed by atoms with Crippen LogP contribution < -0.4 is 5.32 Å². The Morgan fingerprint density at radius 1 is 1.25 bits per heavy atom. The van der Waals surface area contributed by atoms with Crippen LogP contribution in [-0.4, -0.2) is 16.5 Å². The van der Waals surface area contributed by atoms with E-state index in [1.54, 1.807) is 0 Å². The Morgan fingerprint density at radius 3 is 2.56 bits per heavy atom. The number of Topliss-reactive ketones (excluding diaryl/α,β-unsaturated/α-hetero) is 1. The zero-order chi connectivity index (χ0) is 11.9. The number of rotatable bonds is 0. The molecule has 1 heterocycles. The Balaban J connectivity index is 2.60. The van der Waals surface area contributed by atoms with Crippen LogP contribution in [0.15, 0.2) is 12.1 Å². The zero-order valence-electron chi connectivity index (χ0n) is 9.13. The molecule has 1 aromatic rings. The molecule has 0 saturated carbocycles. The molecule has 0 bridgehead atoms. The molecule has 3 nitrogen and oxygen atoms in total. The van der Waals surface area contributed by atoms with Gasteiger partial charge in [0.2, 0.25) is 5.91 Å². The van der Waals surface area contributed by atoms with E-state index in [0.29, 0.717) is 11.3 Å². The lowest BCUT2D eigenvalue weighted by Gasteiger charge is -2.09. The Kier molecular flexibility index (Phi) is 2.84. The standard InChI is InChI=1S/C12H12BrNO2/c1-6-3-8-10(4-7(6)2)14-11(15)5-9(13)12(8)16/h3-4,9H,5H2,1-2H3,(H,14,15). The first-order valence-electron chi connectivity index (χ1n) is 5.08. The van der Waals surface area contributed by atoms with Crippen LogP contribution in [0.2, 0.25) is 0 Å². The lowest BCUT2D eigenvalue weighted by Crippen LogP contribution is -2.16. The molecule has 0 spiro atoms. The summed E-state index contributed by atoms with van der Waals surface area (Å²) in [5.41, 5.74) is 3.35. The SMILES string of the molecule is Cc1cc2c(cc1C)C(=O)C(Br)CC(=O)N2. The summed E-state index contributed by atoms with van der Waals surface area (Å²) in [5, 5.41) is 2.76. The number of carbonyl (C=O) groups is 2. The van der Waals surface area contributed by atoms with E-state index in [9.17, 15) is 9.59 Å². The molecule has 1 aliphatic heterocycles. The van der Waals surface area contributed by atoms with Crippen LogP contribution in [0.5, 0.6) is 0 Å². The second-order valence-electron chi connectivity index (χ2n) is 4.07. The zero-order valence-corrected chi connectivity index (χ0v) is 10.7. The Bertz CT molecular complexity index is 482. The van der Waals surface area contributed by atoms with Crippen molar-refractivity contribution in [2.75, 3.05) is 5.32 Å². The van der Waals surface area contributed by atoms with Gasteiger partial charge in [0.05, 0.1) is 10.5 Å². The van der Waals surface area contributed by atoms with Gasteiger partial charge in [-0.1, -0.05) is 15.9 Å². The fraction of sp³-hybridized carbons (Fsp3) is 0.333. The first kappa shape index (κ1) is 11.3. The minimum Gasteiger partial charge on any atom is -0.325 e. The molecule has 4 heteroatoms. The monoisotopic (exact) mass is 281 g/mol. The molecule has 0 saturated heterocycles. The lowest BCUT2D eigenvalue weighted by atomic mass is 10.0. The van der Waals surface area contributed by atoms with Crippen molar-refractivity contribution in [3.05, 3.63) is 28.8 Å². The van der Waals surface area contributed by atoms with E-state index in [-0.39, 0.29) is 18.1 Å². The number of carbonyl (C=O) groups excluding carboxylic acids is 2. The van der Waals surface area contributed by atoms with E-state index < -0.39 is 4.83 Å². The predicted octanol–water partition coefficient (Wildman–Crippen LogP) is 2.59. The normalized spacial score (nSPS) is 20.1. The highest BCUT2D eigenvalue weighted by Gasteiger charge is 2.27. The van der Waals surface area contributed by atoms with E-state index in [2.05, 4.69) is 21.2 Å². The number of alkyl halides is 1. The van der Waals surface area contributed by atoms with Crippen LogP contribution in [0.1, 0.15) is 27.9 Å². The first-order valence-corrected chi connectivity index (χ1v) is 6.00. The molecule has 0 aromatic heterocycles. The Labute approximate surface area is 102 Å². The fourth-order valence-corrected chi connectivity index (χ4v) is 2.29. The predicted molar refractivity (Wildman–Crippen MR) is 66.2 cm³/mol. The maximum atomic E-state index is 12.0. The molecule has 84 valence electrons. The molecular formula is C12H12BrNO2. The summed E-state index contributed by atoms with van der Waals surface area (Å²) in [6, 6.07) is 3.69. The van der Waals surface area contributed by atoms with Crippen molar-refractivity contribution in [2.24, 2.45) is 0 Å². The average Bonchev–Trinajstić information content (AvgIpc) is 2.29. The van der Waals surface area contributed by atoms with Crippen LogP contribution >= 0.6 is 15.9 Å². The minimum atomic E-state index is -0.421. The van der Waals surface area contributed by atoms with Crippen LogP contribution in [0.25, 0.3) is 0 Å². The number of benzene rings is 1. The minimum absolute atomic E-state index is 0.0311. The van der Waals surface area contributed by atoms with Gasteiger partial charge >= 0.3 is 0 Å². The number of anilines is 1. The summed E-state index contributed by atoms with van der Waals surface area (Å²) >= 11 is 3.25. The molecule has 1 unspecified atom stereocenters. The highest BCUT2D eigenvalue weighted by Crippen LogP contribution is 2.28. The number of fused-ring (bicyclic) bond motifs is 1. The summed E-state index contributed by atoms with van der Waals surface area (Å²) in [5.74, 6) is -0.159. The maximum absolute atomic E-state index is 12.0. The fourth-order valence-electron chi connectivity index (χ4n) is 1.75. The topological polar surface area (TPSA) is 46.2 Å². The third-order valence-electron chi connectivity index (χ3n) is 2.82. The highest BCUT2D eigenvalue weighted by atomic mass is 79.9. The average molecular weight is 282 g/mol. The molecule has 1 atom stereocenters. The number of hydrogen-bond donors (Lipinski definition) is 1. The van der Waals surface area contributed by atoms with Crippen molar-refractivity contribution < 1.29 is 9.59 Å². The molecular weight excluding hydrogens is 270 g/mol. The van der Waals surface area contributed by atoms with Gasteiger partial charge in [0.15, 0.2) is 5.78 Å².